The topological polar surface area (TPSA) is 184 Å². The molecule has 6 atom stereocenters. The van der Waals surface area contributed by atoms with Crippen molar-refractivity contribution < 1.29 is 33.8 Å². The third kappa shape index (κ3) is 8.63. The van der Waals surface area contributed by atoms with Crippen LogP contribution in [0, 0.1) is 5.92 Å². The number of nitrogens with zero attached hydrogens (tertiary/aromatic N) is 3. The molecule has 0 saturated carbocycles. The molecule has 2 aromatic rings. The minimum Gasteiger partial charge on any atom is -0.491 e. The number of carbonyl (C=O) groups is 5. The maximum absolute atomic E-state index is 14.0. The average Bonchev–Trinajstić information content (AvgIpc) is 3.64. The first-order chi connectivity index (χ1) is 23.8. The summed E-state index contributed by atoms with van der Waals surface area (Å²) in [7, 11) is 1.72. The highest BCUT2D eigenvalue weighted by atomic mass is 16.5. The van der Waals surface area contributed by atoms with Gasteiger partial charge in [-0.05, 0) is 69.1 Å². The van der Waals surface area contributed by atoms with Crippen LogP contribution in [0.2, 0.25) is 0 Å². The van der Waals surface area contributed by atoms with Gasteiger partial charge in [-0.15, -0.1) is 0 Å². The van der Waals surface area contributed by atoms with E-state index in [4.69, 9.17) is 4.74 Å². The average molecular weight is 694 g/mol. The standard InChI is InChI=1S/C36H51N7O7/c1-6-27-36(49)43-18-24(44)17-30(43)34(47)37-21(4)32(45)38-23(15-20(2)3)19-50-25-13-11-22(12-14-25)16-29(33(46)39-27)40-35(48)31-26-9-7-8-10-28(26)41-42(31)5/h11-14,20-21,23-24,27,29-30,44H,6-10,15-19H2,1-5H3,(H,37,47)(H,38,45)(H,39,46)(H,40,48)/t21-,23+,24-,27+,29+,30+/m1/s1. The number of aromatic nitrogens is 2. The molecule has 0 radical (unpaired) electrons. The molecule has 14 nitrogen and oxygen atoms in total. The molecular formula is C36H51N7O7. The number of amides is 5. The smallest absolute Gasteiger partial charge is 0.270 e. The number of hydrogen-bond donors (Lipinski definition) is 5. The van der Waals surface area contributed by atoms with Gasteiger partial charge in [0.05, 0.1) is 17.8 Å². The van der Waals surface area contributed by atoms with Crippen LogP contribution in [0.25, 0.3) is 0 Å². The molecule has 272 valence electrons. The Bertz CT molecular complexity index is 1570. The minimum absolute atomic E-state index is 0.0105. The summed E-state index contributed by atoms with van der Waals surface area (Å²) in [6.45, 7) is 7.46. The first-order valence-corrected chi connectivity index (χ1v) is 17.8. The molecule has 5 N–H and O–H groups in total. The van der Waals surface area contributed by atoms with Crippen LogP contribution in [0.15, 0.2) is 24.3 Å². The molecule has 1 aromatic heterocycles. The van der Waals surface area contributed by atoms with Crippen LogP contribution in [0.4, 0.5) is 0 Å². The predicted molar refractivity (Wildman–Crippen MR) is 184 cm³/mol. The third-order valence-electron chi connectivity index (χ3n) is 9.71. The summed E-state index contributed by atoms with van der Waals surface area (Å²) >= 11 is 0. The molecule has 4 aliphatic rings. The van der Waals surface area contributed by atoms with Crippen molar-refractivity contribution in [3.05, 3.63) is 46.8 Å². The van der Waals surface area contributed by atoms with Crippen molar-refractivity contribution in [3.8, 4) is 5.75 Å². The molecule has 2 bridgehead atoms. The largest absolute Gasteiger partial charge is 0.491 e. The Morgan fingerprint density at radius 2 is 1.76 bits per heavy atom. The molecule has 50 heavy (non-hydrogen) atoms. The molecule has 6 rings (SSSR count). The SMILES string of the molecule is CC[C@@H]1NC(=O)[C@@H](NC(=O)c2c3c(nn2C)CCCC3)Cc2ccc(cc2)OC[C@H](CC(C)C)NC(=O)[C@@H](C)NC(=O)[C@@H]2C[C@@H](O)CN2C1=O. The molecule has 5 amide bonds. The molecule has 3 aliphatic heterocycles. The van der Waals surface area contributed by atoms with E-state index in [2.05, 4.69) is 26.4 Å². The zero-order chi connectivity index (χ0) is 36.1. The van der Waals surface area contributed by atoms with Gasteiger partial charge in [0.15, 0.2) is 0 Å². The Kier molecular flexibility index (Phi) is 11.8. The molecule has 14 heteroatoms. The number of hydrogen-bond acceptors (Lipinski definition) is 8. The first kappa shape index (κ1) is 36.8. The van der Waals surface area contributed by atoms with Gasteiger partial charge in [-0.2, -0.15) is 5.10 Å². The van der Waals surface area contributed by atoms with Gasteiger partial charge >= 0.3 is 0 Å². The maximum atomic E-state index is 14.0. The van der Waals surface area contributed by atoms with Gasteiger partial charge in [0.2, 0.25) is 23.6 Å². The van der Waals surface area contributed by atoms with E-state index in [1.165, 1.54) is 4.90 Å². The number of aliphatic hydroxyl groups excluding tert-OH is 1. The van der Waals surface area contributed by atoms with Crippen molar-refractivity contribution in [2.24, 2.45) is 13.0 Å². The number of aliphatic hydroxyl groups is 1. The lowest BCUT2D eigenvalue weighted by molar-refractivity contribution is -0.142. The number of benzene rings is 1. The van der Waals surface area contributed by atoms with Gasteiger partial charge in [-0.3, -0.25) is 28.7 Å². The van der Waals surface area contributed by atoms with E-state index in [0.29, 0.717) is 17.9 Å². The third-order valence-corrected chi connectivity index (χ3v) is 9.71. The minimum atomic E-state index is -1.05. The summed E-state index contributed by atoms with van der Waals surface area (Å²) in [5.41, 5.74) is 2.96. The quantitative estimate of drug-likeness (QED) is 0.287. The Morgan fingerprint density at radius 3 is 2.46 bits per heavy atom. The molecule has 4 heterocycles. The summed E-state index contributed by atoms with van der Waals surface area (Å²) in [6.07, 6.45) is 3.47. The van der Waals surface area contributed by atoms with Crippen molar-refractivity contribution in [1.82, 2.24) is 35.9 Å². The molecule has 1 aliphatic carbocycles. The van der Waals surface area contributed by atoms with Crippen molar-refractivity contribution in [2.45, 2.75) is 115 Å². The highest BCUT2D eigenvalue weighted by molar-refractivity contribution is 5.99. The number of ether oxygens (including phenoxy) is 1. The van der Waals surface area contributed by atoms with E-state index < -0.39 is 59.8 Å². The van der Waals surface area contributed by atoms with Crippen LogP contribution in [-0.2, 0) is 45.5 Å². The number of rotatable bonds is 5. The summed E-state index contributed by atoms with van der Waals surface area (Å²) in [4.78, 5) is 69.6. The van der Waals surface area contributed by atoms with E-state index in [1.54, 1.807) is 37.7 Å². The van der Waals surface area contributed by atoms with Gasteiger partial charge in [-0.1, -0.05) is 32.9 Å². The fraction of sp³-hybridized carbons (Fsp3) is 0.611. The second-order valence-electron chi connectivity index (χ2n) is 14.2. The van der Waals surface area contributed by atoms with E-state index >= 15 is 0 Å². The van der Waals surface area contributed by atoms with Crippen molar-refractivity contribution >= 4 is 29.5 Å². The highest BCUT2D eigenvalue weighted by Gasteiger charge is 2.42. The van der Waals surface area contributed by atoms with Crippen LogP contribution < -0.4 is 26.0 Å². The lowest BCUT2D eigenvalue weighted by atomic mass is 9.95. The van der Waals surface area contributed by atoms with Gasteiger partial charge in [0, 0.05) is 32.0 Å². The number of fused-ring (bicyclic) bond motifs is 15. The number of carbonyl (C=O) groups excluding carboxylic acids is 5. The molecule has 0 spiro atoms. The van der Waals surface area contributed by atoms with Gasteiger partial charge in [0.25, 0.3) is 5.91 Å². The predicted octanol–water partition coefficient (Wildman–Crippen LogP) is 0.925. The van der Waals surface area contributed by atoms with Gasteiger partial charge < -0.3 is 36.0 Å². The van der Waals surface area contributed by atoms with Crippen LogP contribution in [0.5, 0.6) is 5.75 Å². The summed E-state index contributed by atoms with van der Waals surface area (Å²) in [5.74, 6) is -1.68. The lowest BCUT2D eigenvalue weighted by Gasteiger charge is -2.30. The zero-order valence-electron chi connectivity index (χ0n) is 29.7. The van der Waals surface area contributed by atoms with E-state index in [-0.39, 0.29) is 44.4 Å². The van der Waals surface area contributed by atoms with E-state index in [1.807, 2.05) is 26.0 Å². The Balaban J connectivity index is 1.46. The fourth-order valence-electron chi connectivity index (χ4n) is 7.11. The van der Waals surface area contributed by atoms with Crippen molar-refractivity contribution in [3.63, 3.8) is 0 Å². The normalized spacial score (nSPS) is 26.7. The van der Waals surface area contributed by atoms with Crippen LogP contribution >= 0.6 is 0 Å². The molecule has 1 fully saturated rings. The number of nitrogens with one attached hydrogen (secondary N) is 4. The summed E-state index contributed by atoms with van der Waals surface area (Å²) < 4.78 is 7.63. The van der Waals surface area contributed by atoms with Crippen molar-refractivity contribution in [2.75, 3.05) is 13.2 Å². The fourth-order valence-corrected chi connectivity index (χ4v) is 7.11. The second kappa shape index (κ2) is 16.0. The van der Waals surface area contributed by atoms with E-state index in [9.17, 15) is 29.1 Å². The summed E-state index contributed by atoms with van der Waals surface area (Å²) in [5, 5.41) is 26.5. The Labute approximate surface area is 293 Å². The van der Waals surface area contributed by atoms with Crippen LogP contribution in [0.3, 0.4) is 0 Å². The van der Waals surface area contributed by atoms with Gasteiger partial charge in [-0.25, -0.2) is 0 Å². The summed E-state index contributed by atoms with van der Waals surface area (Å²) in [6, 6.07) is 2.79. The lowest BCUT2D eigenvalue weighted by Crippen LogP contribution is -2.58. The van der Waals surface area contributed by atoms with Crippen LogP contribution in [0.1, 0.15) is 87.1 Å². The molecular weight excluding hydrogens is 642 g/mol. The molecule has 1 saturated heterocycles. The molecule has 0 unspecified atom stereocenters. The first-order valence-electron chi connectivity index (χ1n) is 17.8. The second-order valence-corrected chi connectivity index (χ2v) is 14.2. The Hall–Kier alpha value is -4.46. The van der Waals surface area contributed by atoms with Crippen molar-refractivity contribution in [1.29, 1.82) is 0 Å². The maximum Gasteiger partial charge on any atom is 0.270 e. The zero-order valence-corrected chi connectivity index (χ0v) is 29.7. The van der Waals surface area contributed by atoms with E-state index in [0.717, 1.165) is 42.5 Å². The highest BCUT2D eigenvalue weighted by Crippen LogP contribution is 2.25. The van der Waals surface area contributed by atoms with Gasteiger partial charge in [0.1, 0.15) is 42.2 Å². The monoisotopic (exact) mass is 693 g/mol. The number of aryl methyl sites for hydroxylation is 2. The Morgan fingerprint density at radius 1 is 1.04 bits per heavy atom. The van der Waals surface area contributed by atoms with Crippen LogP contribution in [-0.4, -0.2) is 98.8 Å². The molecule has 1 aromatic carbocycles.